The molecule has 1 fully saturated rings. The molecule has 1 rings (SSSR count). The van der Waals surface area contributed by atoms with Crippen LogP contribution >= 0.6 is 0 Å². The minimum Gasteiger partial charge on any atom is -0.405 e. The predicted molar refractivity (Wildman–Crippen MR) is 67.5 cm³/mol. The molecule has 0 unspecified atom stereocenters. The van der Waals surface area contributed by atoms with Crippen LogP contribution in [0, 0.1) is 5.92 Å². The first kappa shape index (κ1) is 12.4. The molecule has 0 amide bonds. The Kier molecular flexibility index (Phi) is 7.06. The van der Waals surface area contributed by atoms with Crippen molar-refractivity contribution in [3.63, 3.8) is 0 Å². The lowest BCUT2D eigenvalue weighted by Gasteiger charge is -2.14. The molecule has 0 bridgehead atoms. The van der Waals surface area contributed by atoms with E-state index in [1.807, 2.05) is 6.08 Å². The molecule has 1 saturated carbocycles. The largest absolute Gasteiger partial charge is 0.405 e. The molecule has 1 heteroatoms. The summed E-state index contributed by atoms with van der Waals surface area (Å²) >= 11 is 0. The van der Waals surface area contributed by atoms with Gasteiger partial charge in [-0.3, -0.25) is 0 Å². The third kappa shape index (κ3) is 6.38. The summed E-state index contributed by atoms with van der Waals surface area (Å²) in [4.78, 5) is 0. The van der Waals surface area contributed by atoms with Gasteiger partial charge in [0, 0.05) is 0 Å². The summed E-state index contributed by atoms with van der Waals surface area (Å²) in [7, 11) is 0. The molecule has 0 radical (unpaired) electrons. The molecule has 0 atom stereocenters. The standard InChI is InChI=1S/C14H25N/c15-13-9-8-12-14-10-6-4-2-1-3-5-7-11-14/h8-9,12-14H,1-7,10-11,15H2/b12-8+,13-9-. The van der Waals surface area contributed by atoms with Gasteiger partial charge >= 0.3 is 0 Å². The maximum atomic E-state index is 5.31. The molecular formula is C14H25N. The Morgan fingerprint density at radius 3 is 1.80 bits per heavy atom. The van der Waals surface area contributed by atoms with Gasteiger partial charge in [-0.1, -0.05) is 57.1 Å². The molecule has 0 heterocycles. The van der Waals surface area contributed by atoms with E-state index in [1.165, 1.54) is 57.8 Å². The molecule has 1 nitrogen and oxygen atoms in total. The molecule has 15 heavy (non-hydrogen) atoms. The highest BCUT2D eigenvalue weighted by Crippen LogP contribution is 2.22. The van der Waals surface area contributed by atoms with Gasteiger partial charge in [0.05, 0.1) is 0 Å². The highest BCUT2D eigenvalue weighted by Gasteiger charge is 2.06. The van der Waals surface area contributed by atoms with Crippen molar-refractivity contribution in [2.45, 2.75) is 57.8 Å². The van der Waals surface area contributed by atoms with Gasteiger partial charge in [-0.15, -0.1) is 0 Å². The van der Waals surface area contributed by atoms with Crippen molar-refractivity contribution in [3.8, 4) is 0 Å². The molecule has 0 aromatic rings. The second kappa shape index (κ2) is 8.58. The van der Waals surface area contributed by atoms with Crippen molar-refractivity contribution in [3.05, 3.63) is 24.4 Å². The molecule has 0 aromatic heterocycles. The molecule has 0 aromatic carbocycles. The number of hydrogen-bond donors (Lipinski definition) is 1. The van der Waals surface area contributed by atoms with Crippen LogP contribution in [0.3, 0.4) is 0 Å². The maximum absolute atomic E-state index is 5.31. The van der Waals surface area contributed by atoms with E-state index in [4.69, 9.17) is 5.73 Å². The lowest BCUT2D eigenvalue weighted by Crippen LogP contribution is -1.98. The third-order valence-electron chi connectivity index (χ3n) is 3.26. The zero-order chi connectivity index (χ0) is 10.8. The summed E-state index contributed by atoms with van der Waals surface area (Å²) in [5.74, 6) is 0.791. The summed E-state index contributed by atoms with van der Waals surface area (Å²) in [5.41, 5.74) is 5.31. The second-order valence-corrected chi connectivity index (χ2v) is 4.58. The van der Waals surface area contributed by atoms with Crippen molar-refractivity contribution >= 4 is 0 Å². The lowest BCUT2D eigenvalue weighted by molar-refractivity contribution is 0.444. The summed E-state index contributed by atoms with van der Waals surface area (Å²) in [6.07, 6.45) is 20.7. The van der Waals surface area contributed by atoms with Crippen LogP contribution in [-0.4, -0.2) is 0 Å². The van der Waals surface area contributed by atoms with Crippen LogP contribution < -0.4 is 5.73 Å². The Balaban J connectivity index is 2.31. The van der Waals surface area contributed by atoms with Crippen LogP contribution in [0.2, 0.25) is 0 Å². The minimum absolute atomic E-state index is 0.791. The van der Waals surface area contributed by atoms with Crippen LogP contribution in [0.25, 0.3) is 0 Å². The van der Waals surface area contributed by atoms with Gasteiger partial charge in [-0.25, -0.2) is 0 Å². The van der Waals surface area contributed by atoms with E-state index in [0.29, 0.717) is 0 Å². The molecule has 86 valence electrons. The molecule has 1 aliphatic carbocycles. The smallest absolute Gasteiger partial charge is 0.00625 e. The lowest BCUT2D eigenvalue weighted by atomic mass is 9.92. The number of hydrogen-bond acceptors (Lipinski definition) is 1. The Morgan fingerprint density at radius 1 is 0.733 bits per heavy atom. The van der Waals surface area contributed by atoms with Gasteiger partial charge in [-0.2, -0.15) is 0 Å². The van der Waals surface area contributed by atoms with E-state index in [2.05, 4.69) is 12.2 Å². The first-order chi connectivity index (χ1) is 7.43. The first-order valence-corrected chi connectivity index (χ1v) is 6.48. The van der Waals surface area contributed by atoms with E-state index in [1.54, 1.807) is 6.20 Å². The van der Waals surface area contributed by atoms with Crippen molar-refractivity contribution in [1.29, 1.82) is 0 Å². The fourth-order valence-electron chi connectivity index (χ4n) is 2.32. The molecular weight excluding hydrogens is 182 g/mol. The molecule has 0 saturated heterocycles. The minimum atomic E-state index is 0.791. The quantitative estimate of drug-likeness (QED) is 0.676. The van der Waals surface area contributed by atoms with Crippen LogP contribution in [0.5, 0.6) is 0 Å². The average molecular weight is 207 g/mol. The van der Waals surface area contributed by atoms with Gasteiger partial charge in [0.25, 0.3) is 0 Å². The molecule has 0 spiro atoms. The molecule has 0 aliphatic heterocycles. The van der Waals surface area contributed by atoms with Crippen LogP contribution in [0.1, 0.15) is 57.8 Å². The number of nitrogens with two attached hydrogens (primary N) is 1. The van der Waals surface area contributed by atoms with Crippen molar-refractivity contribution in [2.75, 3.05) is 0 Å². The fourth-order valence-corrected chi connectivity index (χ4v) is 2.32. The van der Waals surface area contributed by atoms with Gasteiger partial charge in [0.1, 0.15) is 0 Å². The SMILES string of the molecule is N/C=C\C=C\C1CCCCCCCCC1. The van der Waals surface area contributed by atoms with Crippen molar-refractivity contribution in [1.82, 2.24) is 0 Å². The Hall–Kier alpha value is -0.720. The average Bonchev–Trinajstić information content (AvgIpc) is 2.27. The van der Waals surface area contributed by atoms with E-state index in [9.17, 15) is 0 Å². The van der Waals surface area contributed by atoms with Crippen LogP contribution in [-0.2, 0) is 0 Å². The van der Waals surface area contributed by atoms with Gasteiger partial charge in [0.2, 0.25) is 0 Å². The van der Waals surface area contributed by atoms with Crippen molar-refractivity contribution < 1.29 is 0 Å². The summed E-state index contributed by atoms with van der Waals surface area (Å²) in [6.45, 7) is 0. The monoisotopic (exact) mass is 207 g/mol. The van der Waals surface area contributed by atoms with Gasteiger partial charge in [0.15, 0.2) is 0 Å². The fraction of sp³-hybridized carbons (Fsp3) is 0.714. The van der Waals surface area contributed by atoms with Crippen LogP contribution in [0.4, 0.5) is 0 Å². The summed E-state index contributed by atoms with van der Waals surface area (Å²) in [6, 6.07) is 0. The Bertz CT molecular complexity index is 184. The van der Waals surface area contributed by atoms with Gasteiger partial charge < -0.3 is 5.73 Å². The molecule has 2 N–H and O–H groups in total. The summed E-state index contributed by atoms with van der Waals surface area (Å²) in [5, 5.41) is 0. The van der Waals surface area contributed by atoms with E-state index in [-0.39, 0.29) is 0 Å². The zero-order valence-electron chi connectivity index (χ0n) is 9.83. The number of allylic oxidation sites excluding steroid dienone is 3. The normalized spacial score (nSPS) is 22.4. The van der Waals surface area contributed by atoms with Gasteiger partial charge in [-0.05, 0) is 31.0 Å². The third-order valence-corrected chi connectivity index (χ3v) is 3.26. The Labute approximate surface area is 94.4 Å². The van der Waals surface area contributed by atoms with Crippen molar-refractivity contribution in [2.24, 2.45) is 11.7 Å². The highest BCUT2D eigenvalue weighted by molar-refractivity contribution is 5.02. The van der Waals surface area contributed by atoms with Crippen LogP contribution in [0.15, 0.2) is 24.4 Å². The summed E-state index contributed by atoms with van der Waals surface area (Å²) < 4.78 is 0. The second-order valence-electron chi connectivity index (χ2n) is 4.58. The maximum Gasteiger partial charge on any atom is -0.00625 e. The predicted octanol–water partition coefficient (Wildman–Crippen LogP) is 4.16. The Morgan fingerprint density at radius 2 is 1.27 bits per heavy atom. The number of rotatable bonds is 2. The van der Waals surface area contributed by atoms with E-state index >= 15 is 0 Å². The first-order valence-electron chi connectivity index (χ1n) is 6.48. The van der Waals surface area contributed by atoms with E-state index < -0.39 is 0 Å². The topological polar surface area (TPSA) is 26.0 Å². The van der Waals surface area contributed by atoms with E-state index in [0.717, 1.165) is 5.92 Å². The zero-order valence-corrected chi connectivity index (χ0v) is 9.83. The molecule has 1 aliphatic rings. The highest BCUT2D eigenvalue weighted by atomic mass is 14.5.